The smallest absolute Gasteiger partial charge is 0.187 e. The molecule has 0 atom stereocenters. The lowest BCUT2D eigenvalue weighted by molar-refractivity contribution is -0.238. The van der Waals surface area contributed by atoms with Crippen LogP contribution in [0.4, 0.5) is 0 Å². The highest BCUT2D eigenvalue weighted by Crippen LogP contribution is 2.27. The molecule has 0 rings (SSSR count). The average Bonchev–Trinajstić information content (AvgIpc) is 2.27. The van der Waals surface area contributed by atoms with Gasteiger partial charge < -0.3 is 13.9 Å². The van der Waals surface area contributed by atoms with Crippen molar-refractivity contribution in [3.8, 4) is 0 Å². The summed E-state index contributed by atoms with van der Waals surface area (Å²) in [7, 11) is -1.54. The van der Waals surface area contributed by atoms with Gasteiger partial charge in [0.1, 0.15) is 0 Å². The second-order valence-corrected chi connectivity index (χ2v) is 10.2. The molecule has 0 aromatic heterocycles. The highest BCUT2D eigenvalue weighted by molar-refractivity contribution is 6.71. The molecule has 0 amide bonds. The molecule has 116 valence electrons. The summed E-state index contributed by atoms with van der Waals surface area (Å²) in [4.78, 5) is 0. The van der Waals surface area contributed by atoms with Crippen LogP contribution in [0.3, 0.4) is 0 Å². The Balaban J connectivity index is 4.32. The summed E-state index contributed by atoms with van der Waals surface area (Å²) in [5.41, 5.74) is 0. The molecule has 19 heavy (non-hydrogen) atoms. The van der Waals surface area contributed by atoms with Crippen molar-refractivity contribution >= 4 is 8.32 Å². The lowest BCUT2D eigenvalue weighted by atomic mass is 10.1. The van der Waals surface area contributed by atoms with E-state index in [0.29, 0.717) is 19.3 Å². The number of ether oxygens (including phenoxy) is 2. The summed E-state index contributed by atoms with van der Waals surface area (Å²) in [5, 5.41) is 0. The summed E-state index contributed by atoms with van der Waals surface area (Å²) in [6, 6.07) is 1.16. The van der Waals surface area contributed by atoms with Gasteiger partial charge in [-0.05, 0) is 59.7 Å². The maximum atomic E-state index is 6.06. The topological polar surface area (TPSA) is 27.7 Å². The SMILES string of the molecule is CCOC(CC)(CCC[Si](C)(C)OC(C)C)OCC. The molecular weight excluding hydrogens is 256 g/mol. The third kappa shape index (κ3) is 8.08. The summed E-state index contributed by atoms with van der Waals surface area (Å²) < 4.78 is 17.8. The van der Waals surface area contributed by atoms with Gasteiger partial charge in [-0.3, -0.25) is 0 Å². The van der Waals surface area contributed by atoms with Crippen LogP contribution in [0.5, 0.6) is 0 Å². The Bertz CT molecular complexity index is 223. The molecule has 4 heteroatoms. The van der Waals surface area contributed by atoms with Gasteiger partial charge in [-0.1, -0.05) is 6.92 Å². The normalized spacial score (nSPS) is 13.3. The molecule has 0 N–H and O–H groups in total. The first-order valence-corrected chi connectivity index (χ1v) is 10.9. The van der Waals surface area contributed by atoms with E-state index < -0.39 is 8.32 Å². The highest BCUT2D eigenvalue weighted by atomic mass is 28.4. The molecule has 3 nitrogen and oxygen atoms in total. The summed E-state index contributed by atoms with van der Waals surface area (Å²) in [6.45, 7) is 16.4. The Morgan fingerprint density at radius 3 is 1.89 bits per heavy atom. The minimum absolute atomic E-state index is 0.330. The fraction of sp³-hybridized carbons (Fsp3) is 1.00. The van der Waals surface area contributed by atoms with Crippen LogP contribution in [0, 0.1) is 0 Å². The van der Waals surface area contributed by atoms with Gasteiger partial charge in [0, 0.05) is 25.7 Å². The van der Waals surface area contributed by atoms with Crippen LogP contribution in [0.25, 0.3) is 0 Å². The molecule has 0 unspecified atom stereocenters. The Labute approximate surface area is 121 Å². The van der Waals surface area contributed by atoms with E-state index in [-0.39, 0.29) is 5.79 Å². The van der Waals surface area contributed by atoms with Gasteiger partial charge >= 0.3 is 0 Å². The molecule has 0 spiro atoms. The van der Waals surface area contributed by atoms with E-state index in [1.54, 1.807) is 0 Å². The zero-order valence-electron chi connectivity index (χ0n) is 14.0. The predicted molar refractivity (Wildman–Crippen MR) is 84.0 cm³/mol. The van der Waals surface area contributed by atoms with E-state index in [2.05, 4.69) is 33.9 Å². The first-order chi connectivity index (χ1) is 8.81. The minimum Gasteiger partial charge on any atom is -0.415 e. The van der Waals surface area contributed by atoms with Crippen LogP contribution < -0.4 is 0 Å². The quantitative estimate of drug-likeness (QED) is 0.412. The summed E-state index contributed by atoms with van der Waals surface area (Å²) in [6.07, 6.45) is 3.31. The number of hydrogen-bond donors (Lipinski definition) is 0. The lowest BCUT2D eigenvalue weighted by Crippen LogP contribution is -2.37. The van der Waals surface area contributed by atoms with E-state index >= 15 is 0 Å². The average molecular weight is 291 g/mol. The maximum Gasteiger partial charge on any atom is 0.187 e. The molecule has 0 saturated carbocycles. The Hall–Kier alpha value is 0.0969. The molecular formula is C15H34O3Si. The van der Waals surface area contributed by atoms with E-state index in [9.17, 15) is 0 Å². The molecule has 0 saturated heterocycles. The zero-order valence-corrected chi connectivity index (χ0v) is 15.0. The van der Waals surface area contributed by atoms with Crippen LogP contribution >= 0.6 is 0 Å². The van der Waals surface area contributed by atoms with E-state index in [1.165, 1.54) is 0 Å². The molecule has 0 aliphatic rings. The van der Waals surface area contributed by atoms with Crippen molar-refractivity contribution in [1.29, 1.82) is 0 Å². The second kappa shape index (κ2) is 9.11. The molecule has 0 aromatic carbocycles. The number of rotatable bonds is 11. The standard InChI is InChI=1S/C15H34O3Si/c1-8-15(16-9-2,17-10-3)12-11-13-19(6,7)18-14(4)5/h14H,8-13H2,1-7H3. The van der Waals surface area contributed by atoms with Gasteiger partial charge in [-0.25, -0.2) is 0 Å². The van der Waals surface area contributed by atoms with E-state index in [0.717, 1.165) is 25.3 Å². The summed E-state index contributed by atoms with van der Waals surface area (Å²) >= 11 is 0. The predicted octanol–water partition coefficient (Wildman–Crippen LogP) is 4.58. The Morgan fingerprint density at radius 2 is 1.53 bits per heavy atom. The van der Waals surface area contributed by atoms with Crippen molar-refractivity contribution in [2.75, 3.05) is 13.2 Å². The third-order valence-corrected chi connectivity index (χ3v) is 5.91. The highest BCUT2D eigenvalue weighted by Gasteiger charge is 2.31. The fourth-order valence-electron chi connectivity index (χ4n) is 2.57. The zero-order chi connectivity index (χ0) is 14.9. The van der Waals surface area contributed by atoms with Gasteiger partial charge in [-0.15, -0.1) is 0 Å². The third-order valence-electron chi connectivity index (χ3n) is 3.24. The Kier molecular flexibility index (Phi) is 9.16. The molecule has 0 aromatic rings. The van der Waals surface area contributed by atoms with Crippen molar-refractivity contribution < 1.29 is 13.9 Å². The maximum absolute atomic E-state index is 6.06. The van der Waals surface area contributed by atoms with Crippen LogP contribution in [-0.4, -0.2) is 33.4 Å². The van der Waals surface area contributed by atoms with Crippen molar-refractivity contribution in [2.24, 2.45) is 0 Å². The minimum atomic E-state index is -1.54. The monoisotopic (exact) mass is 290 g/mol. The fourth-order valence-corrected chi connectivity index (χ4v) is 5.00. The first kappa shape index (κ1) is 19.1. The van der Waals surface area contributed by atoms with Gasteiger partial charge in [-0.2, -0.15) is 0 Å². The lowest BCUT2D eigenvalue weighted by Gasteiger charge is -2.33. The van der Waals surface area contributed by atoms with Crippen molar-refractivity contribution in [3.05, 3.63) is 0 Å². The van der Waals surface area contributed by atoms with Crippen LogP contribution in [0.2, 0.25) is 19.1 Å². The van der Waals surface area contributed by atoms with Crippen molar-refractivity contribution in [2.45, 2.75) is 84.9 Å². The summed E-state index contributed by atoms with van der Waals surface area (Å²) in [5.74, 6) is -0.383. The number of hydrogen-bond acceptors (Lipinski definition) is 3. The largest absolute Gasteiger partial charge is 0.415 e. The molecule has 0 aliphatic heterocycles. The molecule has 0 heterocycles. The molecule has 0 aliphatic carbocycles. The molecule has 0 fully saturated rings. The van der Waals surface area contributed by atoms with Crippen molar-refractivity contribution in [1.82, 2.24) is 0 Å². The van der Waals surface area contributed by atoms with Crippen LogP contribution in [0.15, 0.2) is 0 Å². The van der Waals surface area contributed by atoms with Crippen molar-refractivity contribution in [3.63, 3.8) is 0 Å². The van der Waals surface area contributed by atoms with E-state index in [1.807, 2.05) is 13.8 Å². The van der Waals surface area contributed by atoms with Crippen LogP contribution in [0.1, 0.15) is 53.9 Å². The first-order valence-electron chi connectivity index (χ1n) is 7.76. The van der Waals surface area contributed by atoms with E-state index in [4.69, 9.17) is 13.9 Å². The van der Waals surface area contributed by atoms with Gasteiger partial charge in [0.25, 0.3) is 0 Å². The molecule has 0 radical (unpaired) electrons. The second-order valence-electron chi connectivity index (χ2n) is 5.91. The van der Waals surface area contributed by atoms with Gasteiger partial charge in [0.2, 0.25) is 0 Å². The van der Waals surface area contributed by atoms with Gasteiger partial charge in [0.05, 0.1) is 0 Å². The van der Waals surface area contributed by atoms with Gasteiger partial charge in [0.15, 0.2) is 14.1 Å². The molecule has 0 bridgehead atoms. The van der Waals surface area contributed by atoms with Crippen LogP contribution in [-0.2, 0) is 13.9 Å². The Morgan fingerprint density at radius 1 is 1.00 bits per heavy atom.